The van der Waals surface area contributed by atoms with Gasteiger partial charge in [0.2, 0.25) is 0 Å². The fraction of sp³-hybridized carbons (Fsp3) is 0.462. The first kappa shape index (κ1) is 19.2. The molecule has 1 amide bonds. The number of benzene rings is 1. The smallest absolute Gasteiger partial charge is 0.465 e. The molecule has 0 radical (unpaired) electrons. The summed E-state index contributed by atoms with van der Waals surface area (Å²) in [6.07, 6.45) is -1.67. The van der Waals surface area contributed by atoms with Crippen LogP contribution >= 0.6 is 0 Å². The van der Waals surface area contributed by atoms with Crippen LogP contribution in [0.1, 0.15) is 17.9 Å². The van der Waals surface area contributed by atoms with Gasteiger partial charge in [0.05, 0.1) is 12.5 Å². The van der Waals surface area contributed by atoms with Gasteiger partial charge in [-0.2, -0.15) is 21.6 Å². The zero-order chi connectivity index (χ0) is 19.0. The summed E-state index contributed by atoms with van der Waals surface area (Å²) in [5.41, 5.74) is -5.57. The minimum Gasteiger partial charge on any atom is -0.465 e. The Labute approximate surface area is 138 Å². The highest BCUT2D eigenvalue weighted by atomic mass is 32.2. The molecule has 25 heavy (non-hydrogen) atoms. The zero-order valence-electron chi connectivity index (χ0n) is 12.3. The normalized spacial score (nSPS) is 21.0. The van der Waals surface area contributed by atoms with E-state index in [2.05, 4.69) is 4.18 Å². The molecule has 1 aromatic rings. The summed E-state index contributed by atoms with van der Waals surface area (Å²) in [6, 6.07) is 3.71. The number of piperidine rings is 1. The molecule has 0 saturated carbocycles. The molecule has 1 saturated heterocycles. The highest BCUT2D eigenvalue weighted by Gasteiger charge is 2.49. The van der Waals surface area contributed by atoms with E-state index in [1.165, 1.54) is 0 Å². The van der Waals surface area contributed by atoms with E-state index in [0.717, 1.165) is 24.3 Å². The van der Waals surface area contributed by atoms with Gasteiger partial charge in [-0.05, 0) is 24.1 Å². The van der Waals surface area contributed by atoms with Gasteiger partial charge in [-0.1, -0.05) is 12.1 Å². The highest BCUT2D eigenvalue weighted by Crippen LogP contribution is 2.40. The third kappa shape index (κ3) is 4.11. The van der Waals surface area contributed by atoms with Gasteiger partial charge in [-0.3, -0.25) is 0 Å². The lowest BCUT2D eigenvalue weighted by molar-refractivity contribution is -0.0761. The topological polar surface area (TPSA) is 83.9 Å². The molecule has 6 nitrogen and oxygen atoms in total. The number of hydrogen-bond acceptors (Lipinski definition) is 4. The molecule has 1 heterocycles. The minimum absolute atomic E-state index is 0.0341. The second-order valence-electron chi connectivity index (χ2n) is 5.36. The van der Waals surface area contributed by atoms with E-state index in [9.17, 15) is 35.2 Å². The Morgan fingerprint density at radius 3 is 2.24 bits per heavy atom. The molecule has 1 fully saturated rings. The second-order valence-corrected chi connectivity index (χ2v) is 6.90. The fourth-order valence-electron chi connectivity index (χ4n) is 2.44. The van der Waals surface area contributed by atoms with Crippen LogP contribution < -0.4 is 4.18 Å². The molecule has 12 heteroatoms. The van der Waals surface area contributed by atoms with Crippen molar-refractivity contribution >= 4 is 16.2 Å². The van der Waals surface area contributed by atoms with E-state index in [0.29, 0.717) is 4.90 Å². The Bertz CT molecular complexity index is 747. The average molecular weight is 389 g/mol. The van der Waals surface area contributed by atoms with Crippen LogP contribution in [-0.4, -0.2) is 49.0 Å². The molecule has 0 aromatic heterocycles. The molecule has 140 valence electrons. The van der Waals surface area contributed by atoms with Crippen molar-refractivity contribution in [2.75, 3.05) is 13.1 Å². The minimum atomic E-state index is -5.85. The number of carbonyl (C=O) groups is 1. The van der Waals surface area contributed by atoms with E-state index in [-0.39, 0.29) is 18.5 Å². The lowest BCUT2D eigenvalue weighted by Crippen LogP contribution is -2.49. The van der Waals surface area contributed by atoms with Crippen LogP contribution in [0.15, 0.2) is 24.3 Å². The van der Waals surface area contributed by atoms with Crippen molar-refractivity contribution in [1.82, 2.24) is 4.90 Å². The van der Waals surface area contributed by atoms with Crippen LogP contribution in [0.2, 0.25) is 0 Å². The molecule has 0 bridgehead atoms. The number of alkyl halides is 5. The zero-order valence-corrected chi connectivity index (χ0v) is 13.2. The molecule has 1 N–H and O–H groups in total. The summed E-state index contributed by atoms with van der Waals surface area (Å²) >= 11 is 0. The molecule has 1 unspecified atom stereocenters. The predicted molar refractivity (Wildman–Crippen MR) is 73.9 cm³/mol. The molecule has 1 aromatic carbocycles. The molecule has 1 aliphatic heterocycles. The average Bonchev–Trinajstić information content (AvgIpc) is 2.45. The molecule has 1 atom stereocenters. The maximum atomic E-state index is 14.1. The summed E-state index contributed by atoms with van der Waals surface area (Å²) in [4.78, 5) is 11.3. The SMILES string of the molecule is O=C(O)N1CCC(c2ccc(OS(=O)(=O)C(F)(F)F)cc2)C(F)(F)C1. The molecule has 2 rings (SSSR count). The van der Waals surface area contributed by atoms with Gasteiger partial charge in [-0.15, -0.1) is 0 Å². The number of hydrogen-bond donors (Lipinski definition) is 1. The molecule has 0 aliphatic carbocycles. The number of halogens is 5. The number of likely N-dealkylation sites (tertiary alicyclic amines) is 1. The van der Waals surface area contributed by atoms with Gasteiger partial charge in [0.1, 0.15) is 5.75 Å². The summed E-state index contributed by atoms with van der Waals surface area (Å²) in [7, 11) is -5.85. The van der Waals surface area contributed by atoms with Crippen molar-refractivity contribution in [3.8, 4) is 5.75 Å². The van der Waals surface area contributed by atoms with E-state index < -0.39 is 45.9 Å². The van der Waals surface area contributed by atoms with Crippen LogP contribution in [0.25, 0.3) is 0 Å². The largest absolute Gasteiger partial charge is 0.534 e. The molecule has 0 spiro atoms. The van der Waals surface area contributed by atoms with Crippen molar-refractivity contribution in [2.45, 2.75) is 23.8 Å². The Morgan fingerprint density at radius 2 is 1.80 bits per heavy atom. The Balaban J connectivity index is 2.16. The van der Waals surface area contributed by atoms with Gasteiger partial charge < -0.3 is 14.2 Å². The lowest BCUT2D eigenvalue weighted by atomic mass is 9.86. The van der Waals surface area contributed by atoms with Crippen LogP contribution in [-0.2, 0) is 10.1 Å². The van der Waals surface area contributed by atoms with Crippen LogP contribution in [0, 0.1) is 0 Å². The van der Waals surface area contributed by atoms with Gasteiger partial charge >= 0.3 is 21.7 Å². The first-order valence-electron chi connectivity index (χ1n) is 6.80. The Hall–Kier alpha value is -2.11. The van der Waals surface area contributed by atoms with Crippen LogP contribution in [0.5, 0.6) is 5.75 Å². The highest BCUT2D eigenvalue weighted by molar-refractivity contribution is 7.88. The monoisotopic (exact) mass is 389 g/mol. The van der Waals surface area contributed by atoms with Crippen molar-refractivity contribution in [3.05, 3.63) is 29.8 Å². The van der Waals surface area contributed by atoms with Crippen molar-refractivity contribution in [2.24, 2.45) is 0 Å². The number of nitrogens with zero attached hydrogens (tertiary/aromatic N) is 1. The number of rotatable bonds is 3. The van der Waals surface area contributed by atoms with E-state index in [1.54, 1.807) is 0 Å². The van der Waals surface area contributed by atoms with Gasteiger partial charge in [0, 0.05) is 6.54 Å². The maximum Gasteiger partial charge on any atom is 0.534 e. The summed E-state index contributed by atoms with van der Waals surface area (Å²) in [6.45, 7) is -1.13. The Morgan fingerprint density at radius 1 is 1.24 bits per heavy atom. The quantitative estimate of drug-likeness (QED) is 0.488. The van der Waals surface area contributed by atoms with Crippen LogP contribution in [0.4, 0.5) is 26.7 Å². The van der Waals surface area contributed by atoms with E-state index in [1.807, 2.05) is 0 Å². The number of carboxylic acid groups (broad SMARTS) is 1. The first-order chi connectivity index (χ1) is 11.3. The van der Waals surface area contributed by atoms with Gasteiger partial charge in [-0.25, -0.2) is 13.6 Å². The maximum absolute atomic E-state index is 14.1. The van der Waals surface area contributed by atoms with Crippen LogP contribution in [0.3, 0.4) is 0 Å². The predicted octanol–water partition coefficient (Wildman–Crippen LogP) is 3.02. The van der Waals surface area contributed by atoms with E-state index in [4.69, 9.17) is 5.11 Å². The summed E-state index contributed by atoms with van der Waals surface area (Å²) in [5.74, 6) is -5.40. The molecular formula is C13H12F5NO5S. The molecular weight excluding hydrogens is 377 g/mol. The van der Waals surface area contributed by atoms with Crippen molar-refractivity contribution in [1.29, 1.82) is 0 Å². The summed E-state index contributed by atoms with van der Waals surface area (Å²) < 4.78 is 90.6. The lowest BCUT2D eigenvalue weighted by Gasteiger charge is -2.37. The number of amides is 1. The van der Waals surface area contributed by atoms with E-state index >= 15 is 0 Å². The standard InChI is InChI=1S/C13H12F5NO5S/c14-12(15)7-19(11(20)21)6-5-10(12)8-1-3-9(4-2-8)24-25(22,23)13(16,17)18/h1-4,10H,5-7H2,(H,20,21). The van der Waals surface area contributed by atoms with Gasteiger partial charge in [0.25, 0.3) is 5.92 Å². The van der Waals surface area contributed by atoms with Crippen molar-refractivity contribution < 1.29 is 44.5 Å². The fourth-order valence-corrected chi connectivity index (χ4v) is 2.90. The summed E-state index contributed by atoms with van der Waals surface area (Å²) in [5, 5.41) is 8.76. The third-order valence-corrected chi connectivity index (χ3v) is 4.62. The molecule has 1 aliphatic rings. The Kier molecular flexibility index (Phi) is 4.86. The van der Waals surface area contributed by atoms with Gasteiger partial charge in [0.15, 0.2) is 0 Å². The first-order valence-corrected chi connectivity index (χ1v) is 8.21. The van der Waals surface area contributed by atoms with Crippen molar-refractivity contribution in [3.63, 3.8) is 0 Å². The third-order valence-electron chi connectivity index (χ3n) is 3.64. The second kappa shape index (κ2) is 6.32.